The summed E-state index contributed by atoms with van der Waals surface area (Å²) in [5.41, 5.74) is 3.29. The number of aryl methyl sites for hydroxylation is 1. The van der Waals surface area contributed by atoms with Crippen LogP contribution in [0.15, 0.2) is 24.5 Å². The molecule has 2 rings (SSSR count). The highest BCUT2D eigenvalue weighted by molar-refractivity contribution is 5.56. The fourth-order valence-corrected chi connectivity index (χ4v) is 1.41. The van der Waals surface area contributed by atoms with Crippen LogP contribution < -0.4 is 5.32 Å². The second-order valence-electron chi connectivity index (χ2n) is 3.28. The van der Waals surface area contributed by atoms with E-state index >= 15 is 0 Å². The van der Waals surface area contributed by atoms with Crippen LogP contribution in [0.5, 0.6) is 0 Å². The quantitative estimate of drug-likeness (QED) is 0.819. The topological polar surface area (TPSA) is 55.6 Å². The monoisotopic (exact) mass is 203 g/mol. The highest BCUT2D eigenvalue weighted by Crippen LogP contribution is 2.18. The average molecular weight is 203 g/mol. The largest absolute Gasteiger partial charge is 0.385 e. The predicted octanol–water partition coefficient (Wildman–Crippen LogP) is 1.40. The van der Waals surface area contributed by atoms with Gasteiger partial charge in [0.2, 0.25) is 0 Å². The first-order valence-corrected chi connectivity index (χ1v) is 4.89. The first-order valence-electron chi connectivity index (χ1n) is 4.89. The lowest BCUT2D eigenvalue weighted by atomic mass is 10.2. The maximum absolute atomic E-state index is 3.85. The lowest BCUT2D eigenvalue weighted by molar-refractivity contribution is 0.789. The number of nitrogens with zero attached hydrogens (tertiary/aromatic N) is 4. The van der Waals surface area contributed by atoms with E-state index in [-0.39, 0.29) is 0 Å². The van der Waals surface area contributed by atoms with Crippen LogP contribution in [0.4, 0.5) is 5.69 Å². The molecule has 5 nitrogen and oxygen atoms in total. The molecule has 0 aliphatic rings. The minimum absolute atomic E-state index is 0.903. The zero-order valence-corrected chi connectivity index (χ0v) is 8.81. The van der Waals surface area contributed by atoms with Crippen LogP contribution in [0.3, 0.4) is 0 Å². The minimum Gasteiger partial charge on any atom is -0.385 e. The third kappa shape index (κ3) is 1.96. The number of anilines is 1. The van der Waals surface area contributed by atoms with E-state index in [1.54, 1.807) is 11.0 Å². The number of tetrazole rings is 1. The Labute approximate surface area is 88.1 Å². The van der Waals surface area contributed by atoms with Crippen molar-refractivity contribution in [2.45, 2.75) is 13.8 Å². The van der Waals surface area contributed by atoms with E-state index in [0.29, 0.717) is 0 Å². The van der Waals surface area contributed by atoms with Gasteiger partial charge in [0.05, 0.1) is 5.69 Å². The molecule has 2 aromatic rings. The predicted molar refractivity (Wildman–Crippen MR) is 58.1 cm³/mol. The van der Waals surface area contributed by atoms with Crippen LogP contribution in [-0.2, 0) is 0 Å². The number of nitrogens with one attached hydrogen (secondary N) is 1. The van der Waals surface area contributed by atoms with Crippen molar-refractivity contribution in [3.63, 3.8) is 0 Å². The lowest BCUT2D eigenvalue weighted by Crippen LogP contribution is -2.01. The molecule has 0 unspecified atom stereocenters. The Morgan fingerprint density at radius 3 is 2.93 bits per heavy atom. The maximum atomic E-state index is 3.85. The van der Waals surface area contributed by atoms with Gasteiger partial charge in [0.15, 0.2) is 0 Å². The molecule has 0 spiro atoms. The Kier molecular flexibility index (Phi) is 2.62. The Bertz CT molecular complexity index is 435. The SMILES string of the molecule is CCNc1cc(-n2cnnn2)ccc1C. The summed E-state index contributed by atoms with van der Waals surface area (Å²) in [6.07, 6.45) is 1.58. The van der Waals surface area contributed by atoms with Gasteiger partial charge in [0.1, 0.15) is 6.33 Å². The number of aromatic nitrogens is 4. The zero-order valence-electron chi connectivity index (χ0n) is 8.81. The highest BCUT2D eigenvalue weighted by atomic mass is 15.5. The lowest BCUT2D eigenvalue weighted by Gasteiger charge is -2.09. The standard InChI is InChI=1S/C10H13N5/c1-3-11-10-6-9(5-4-8(10)2)15-7-12-13-14-15/h4-7,11H,3H2,1-2H3. The summed E-state index contributed by atoms with van der Waals surface area (Å²) in [5, 5.41) is 14.4. The molecular formula is C10H13N5. The van der Waals surface area contributed by atoms with Crippen molar-refractivity contribution in [2.24, 2.45) is 0 Å². The van der Waals surface area contributed by atoms with Crippen molar-refractivity contribution >= 4 is 5.69 Å². The molecule has 5 heteroatoms. The van der Waals surface area contributed by atoms with Crippen LogP contribution in [0.1, 0.15) is 12.5 Å². The van der Waals surface area contributed by atoms with Crippen molar-refractivity contribution in [3.8, 4) is 5.69 Å². The number of benzene rings is 1. The van der Waals surface area contributed by atoms with Crippen LogP contribution in [0.25, 0.3) is 5.69 Å². The molecule has 0 saturated carbocycles. The van der Waals surface area contributed by atoms with Gasteiger partial charge in [-0.2, -0.15) is 0 Å². The third-order valence-corrected chi connectivity index (χ3v) is 2.20. The number of rotatable bonds is 3. The fraction of sp³-hybridized carbons (Fsp3) is 0.300. The van der Waals surface area contributed by atoms with Gasteiger partial charge >= 0.3 is 0 Å². The van der Waals surface area contributed by atoms with Crippen molar-refractivity contribution in [3.05, 3.63) is 30.1 Å². The summed E-state index contributed by atoms with van der Waals surface area (Å²) in [5.74, 6) is 0. The number of hydrogen-bond donors (Lipinski definition) is 1. The third-order valence-electron chi connectivity index (χ3n) is 2.20. The number of hydrogen-bond acceptors (Lipinski definition) is 4. The van der Waals surface area contributed by atoms with Gasteiger partial charge in [-0.25, -0.2) is 4.68 Å². The van der Waals surface area contributed by atoms with E-state index < -0.39 is 0 Å². The molecule has 15 heavy (non-hydrogen) atoms. The van der Waals surface area contributed by atoms with Crippen LogP contribution >= 0.6 is 0 Å². The van der Waals surface area contributed by atoms with Crippen molar-refractivity contribution in [2.75, 3.05) is 11.9 Å². The Morgan fingerprint density at radius 1 is 1.40 bits per heavy atom. The van der Waals surface area contributed by atoms with Gasteiger partial charge in [-0.1, -0.05) is 6.07 Å². The second-order valence-corrected chi connectivity index (χ2v) is 3.28. The molecule has 1 aromatic carbocycles. The van der Waals surface area contributed by atoms with E-state index in [0.717, 1.165) is 17.9 Å². The van der Waals surface area contributed by atoms with Crippen LogP contribution in [-0.4, -0.2) is 26.8 Å². The minimum atomic E-state index is 0.903. The average Bonchev–Trinajstić information content (AvgIpc) is 2.75. The van der Waals surface area contributed by atoms with Gasteiger partial charge in [-0.15, -0.1) is 5.10 Å². The molecule has 0 atom stereocenters. The molecule has 0 saturated heterocycles. The Morgan fingerprint density at radius 2 is 2.27 bits per heavy atom. The van der Waals surface area contributed by atoms with Gasteiger partial charge in [-0.05, 0) is 42.0 Å². The molecule has 0 radical (unpaired) electrons. The second kappa shape index (κ2) is 4.08. The molecule has 0 aliphatic heterocycles. The molecule has 1 N–H and O–H groups in total. The summed E-state index contributed by atoms with van der Waals surface area (Å²) in [6, 6.07) is 6.08. The van der Waals surface area contributed by atoms with E-state index in [4.69, 9.17) is 0 Å². The van der Waals surface area contributed by atoms with Crippen molar-refractivity contribution in [1.82, 2.24) is 20.2 Å². The normalized spacial score (nSPS) is 10.3. The molecule has 0 bridgehead atoms. The molecule has 1 heterocycles. The van der Waals surface area contributed by atoms with E-state index in [9.17, 15) is 0 Å². The molecule has 78 valence electrons. The van der Waals surface area contributed by atoms with Gasteiger partial charge in [-0.3, -0.25) is 0 Å². The van der Waals surface area contributed by atoms with Crippen molar-refractivity contribution in [1.29, 1.82) is 0 Å². The van der Waals surface area contributed by atoms with Gasteiger partial charge in [0, 0.05) is 12.2 Å². The molecule has 0 fully saturated rings. The summed E-state index contributed by atoms with van der Waals surface area (Å²) in [7, 11) is 0. The molecule has 0 aliphatic carbocycles. The Balaban J connectivity index is 2.38. The van der Waals surface area contributed by atoms with Gasteiger partial charge in [0.25, 0.3) is 0 Å². The van der Waals surface area contributed by atoms with Crippen LogP contribution in [0.2, 0.25) is 0 Å². The Hall–Kier alpha value is -1.91. The first-order chi connectivity index (χ1) is 7.31. The first kappa shape index (κ1) is 9.64. The molecule has 0 amide bonds. The zero-order chi connectivity index (χ0) is 10.7. The maximum Gasteiger partial charge on any atom is 0.143 e. The van der Waals surface area contributed by atoms with Gasteiger partial charge < -0.3 is 5.32 Å². The van der Waals surface area contributed by atoms with Crippen molar-refractivity contribution < 1.29 is 0 Å². The van der Waals surface area contributed by atoms with E-state index in [1.807, 2.05) is 12.1 Å². The molecular weight excluding hydrogens is 190 g/mol. The summed E-state index contributed by atoms with van der Waals surface area (Å²) in [6.45, 7) is 5.05. The van der Waals surface area contributed by atoms with Crippen LogP contribution in [0, 0.1) is 6.92 Å². The highest BCUT2D eigenvalue weighted by Gasteiger charge is 2.01. The summed E-state index contributed by atoms with van der Waals surface area (Å²) < 4.78 is 1.64. The molecule has 1 aromatic heterocycles. The summed E-state index contributed by atoms with van der Waals surface area (Å²) in [4.78, 5) is 0. The van der Waals surface area contributed by atoms with E-state index in [1.165, 1.54) is 5.56 Å². The summed E-state index contributed by atoms with van der Waals surface area (Å²) >= 11 is 0. The smallest absolute Gasteiger partial charge is 0.143 e. The van der Waals surface area contributed by atoms with E-state index in [2.05, 4.69) is 40.8 Å². The fourth-order valence-electron chi connectivity index (χ4n) is 1.41.